The Bertz CT molecular complexity index is 1020. The summed E-state index contributed by atoms with van der Waals surface area (Å²) < 4.78 is 32.4. The number of carbonyl (C=O) groups is 1. The fraction of sp³-hybridized carbons (Fsp3) is 0.500. The van der Waals surface area contributed by atoms with E-state index in [1.807, 2.05) is 0 Å². The summed E-state index contributed by atoms with van der Waals surface area (Å²) in [5.41, 5.74) is -1.99. The van der Waals surface area contributed by atoms with Crippen molar-refractivity contribution in [3.05, 3.63) is 45.2 Å². The average Bonchev–Trinajstić information content (AvgIpc) is 3.48. The van der Waals surface area contributed by atoms with Crippen molar-refractivity contribution in [2.75, 3.05) is 6.54 Å². The first-order valence-electron chi connectivity index (χ1n) is 9.47. The second kappa shape index (κ2) is 5.61. The highest BCUT2D eigenvalue weighted by Gasteiger charge is 2.45. The van der Waals surface area contributed by atoms with Crippen molar-refractivity contribution in [2.45, 2.75) is 50.1 Å². The van der Waals surface area contributed by atoms with Gasteiger partial charge in [-0.25, -0.2) is 13.6 Å². The summed E-state index contributed by atoms with van der Waals surface area (Å²) in [6.07, 6.45) is 5.98. The molecule has 7 heteroatoms. The molecule has 2 bridgehead atoms. The number of piperidine rings is 2. The van der Waals surface area contributed by atoms with Gasteiger partial charge in [0.25, 0.3) is 0 Å². The van der Waals surface area contributed by atoms with Crippen LogP contribution < -0.4 is 10.7 Å². The summed E-state index contributed by atoms with van der Waals surface area (Å²) in [5, 5.41) is 12.5. The van der Waals surface area contributed by atoms with E-state index in [4.69, 9.17) is 0 Å². The van der Waals surface area contributed by atoms with Gasteiger partial charge in [0.05, 0.1) is 10.9 Å². The number of hydrogen-bond acceptors (Lipinski definition) is 3. The quantitative estimate of drug-likeness (QED) is 0.865. The molecule has 2 N–H and O–H groups in total. The van der Waals surface area contributed by atoms with Crippen LogP contribution in [0.25, 0.3) is 10.9 Å². The number of aromatic nitrogens is 1. The van der Waals surface area contributed by atoms with Crippen LogP contribution in [0.4, 0.5) is 8.78 Å². The van der Waals surface area contributed by atoms with Crippen LogP contribution in [-0.4, -0.2) is 22.2 Å². The van der Waals surface area contributed by atoms with Crippen LogP contribution in [0.15, 0.2) is 17.1 Å². The molecule has 0 radical (unpaired) electrons. The number of nitrogens with zero attached hydrogens (tertiary/aromatic N) is 1. The van der Waals surface area contributed by atoms with E-state index in [0.717, 1.165) is 38.3 Å². The van der Waals surface area contributed by atoms with E-state index >= 15 is 8.78 Å². The minimum Gasteiger partial charge on any atom is -0.477 e. The minimum atomic E-state index is -1.38. The zero-order valence-corrected chi connectivity index (χ0v) is 14.7. The lowest BCUT2D eigenvalue weighted by molar-refractivity contribution is 0.0694. The Balaban J connectivity index is 1.83. The van der Waals surface area contributed by atoms with E-state index in [9.17, 15) is 14.7 Å². The van der Waals surface area contributed by atoms with Gasteiger partial charge < -0.3 is 15.0 Å². The molecule has 0 unspecified atom stereocenters. The lowest BCUT2D eigenvalue weighted by Crippen LogP contribution is -2.54. The summed E-state index contributed by atoms with van der Waals surface area (Å²) in [6, 6.07) is 0.991. The number of rotatable bonds is 3. The largest absolute Gasteiger partial charge is 0.477 e. The molecule has 2 saturated carbocycles. The van der Waals surface area contributed by atoms with Crippen molar-refractivity contribution in [3.63, 3.8) is 0 Å². The maximum absolute atomic E-state index is 15.7. The highest BCUT2D eigenvalue weighted by Crippen LogP contribution is 2.47. The van der Waals surface area contributed by atoms with Gasteiger partial charge >= 0.3 is 5.97 Å². The fourth-order valence-corrected chi connectivity index (χ4v) is 4.90. The Labute approximate surface area is 154 Å². The van der Waals surface area contributed by atoms with Crippen molar-refractivity contribution in [3.8, 4) is 0 Å². The predicted octanol–water partition coefficient (Wildman–Crippen LogP) is 3.30. The van der Waals surface area contributed by atoms with Crippen LogP contribution >= 0.6 is 0 Å². The first-order valence-corrected chi connectivity index (χ1v) is 9.47. The van der Waals surface area contributed by atoms with Crippen molar-refractivity contribution in [2.24, 2.45) is 5.92 Å². The van der Waals surface area contributed by atoms with Crippen LogP contribution in [0.5, 0.6) is 0 Å². The third-order valence-corrected chi connectivity index (χ3v) is 6.55. The molecule has 2 aromatic rings. The van der Waals surface area contributed by atoms with Crippen molar-refractivity contribution in [1.82, 2.24) is 9.88 Å². The maximum atomic E-state index is 15.7. The van der Waals surface area contributed by atoms with Crippen molar-refractivity contribution >= 4 is 16.9 Å². The lowest BCUT2D eigenvalue weighted by Gasteiger charge is -2.48. The summed E-state index contributed by atoms with van der Waals surface area (Å²) in [5.74, 6) is -2.32. The molecular formula is C20H20F2N2O3. The number of aromatic carboxylic acids is 1. The van der Waals surface area contributed by atoms with Gasteiger partial charge in [-0.2, -0.15) is 0 Å². The van der Waals surface area contributed by atoms with Gasteiger partial charge in [-0.05, 0) is 57.1 Å². The molecule has 2 aliphatic carbocycles. The Morgan fingerprint density at radius 1 is 1.22 bits per heavy atom. The Morgan fingerprint density at radius 2 is 1.93 bits per heavy atom. The second-order valence-corrected chi connectivity index (χ2v) is 8.17. The number of carboxylic acids is 1. The first-order chi connectivity index (χ1) is 12.9. The number of carboxylic acid groups (broad SMARTS) is 1. The van der Waals surface area contributed by atoms with E-state index in [0.29, 0.717) is 18.8 Å². The normalized spacial score (nSPS) is 27.3. The molecule has 1 aromatic heterocycles. The molecule has 3 heterocycles. The molecule has 0 amide bonds. The van der Waals surface area contributed by atoms with Gasteiger partial charge in [0.1, 0.15) is 11.4 Å². The van der Waals surface area contributed by atoms with Crippen LogP contribution in [0, 0.1) is 17.6 Å². The summed E-state index contributed by atoms with van der Waals surface area (Å²) >= 11 is 0. The molecule has 2 saturated heterocycles. The molecule has 142 valence electrons. The number of hydrogen-bond donors (Lipinski definition) is 2. The highest BCUT2D eigenvalue weighted by atomic mass is 19.1. The lowest BCUT2D eigenvalue weighted by atomic mass is 9.68. The van der Waals surface area contributed by atoms with Gasteiger partial charge in [0.2, 0.25) is 5.43 Å². The average molecular weight is 374 g/mol. The smallest absolute Gasteiger partial charge is 0.341 e. The molecule has 1 aromatic carbocycles. The Kier molecular flexibility index (Phi) is 3.50. The van der Waals surface area contributed by atoms with Gasteiger partial charge in [0.15, 0.2) is 5.82 Å². The molecular weight excluding hydrogens is 354 g/mol. The van der Waals surface area contributed by atoms with Gasteiger partial charge in [-0.3, -0.25) is 4.79 Å². The van der Waals surface area contributed by atoms with E-state index in [2.05, 4.69) is 5.32 Å². The minimum absolute atomic E-state index is 0.00465. The van der Waals surface area contributed by atoms with Crippen LogP contribution in [0.2, 0.25) is 0 Å². The van der Waals surface area contributed by atoms with Crippen molar-refractivity contribution < 1.29 is 18.7 Å². The third-order valence-electron chi connectivity index (χ3n) is 6.55. The van der Waals surface area contributed by atoms with Crippen molar-refractivity contribution in [1.29, 1.82) is 0 Å². The van der Waals surface area contributed by atoms with E-state index in [1.165, 1.54) is 10.8 Å². The van der Waals surface area contributed by atoms with Gasteiger partial charge in [0, 0.05) is 23.3 Å². The fourth-order valence-electron chi connectivity index (χ4n) is 4.90. The standard InChI is InChI=1S/C20H20F2N2O3/c21-14-7-12-17(24(11-1-2-11)9-13(18(12)25)19(26)27)16(22)15(14)20-5-3-10(4-6-20)8-23-20/h7,9-11,23H,1-6,8H2,(H,26,27). The van der Waals surface area contributed by atoms with E-state index in [-0.39, 0.29) is 22.5 Å². The zero-order chi connectivity index (χ0) is 18.9. The van der Waals surface area contributed by atoms with Gasteiger partial charge in [-0.1, -0.05) is 0 Å². The molecule has 0 spiro atoms. The zero-order valence-electron chi connectivity index (χ0n) is 14.7. The summed E-state index contributed by atoms with van der Waals surface area (Å²) in [7, 11) is 0. The molecule has 27 heavy (non-hydrogen) atoms. The number of fused-ring (bicyclic) bond motifs is 4. The predicted molar refractivity (Wildman–Crippen MR) is 95.0 cm³/mol. The van der Waals surface area contributed by atoms with Crippen LogP contribution in [-0.2, 0) is 5.54 Å². The number of benzene rings is 1. The first kappa shape index (κ1) is 16.9. The number of nitrogens with one attached hydrogen (secondary N) is 1. The molecule has 0 atom stereocenters. The van der Waals surface area contributed by atoms with Gasteiger partial charge in [-0.15, -0.1) is 0 Å². The van der Waals surface area contributed by atoms with Crippen LogP contribution in [0.1, 0.15) is 60.5 Å². The molecule has 2 aliphatic heterocycles. The third kappa shape index (κ3) is 2.37. The molecule has 6 rings (SSSR count). The van der Waals surface area contributed by atoms with E-state index in [1.54, 1.807) is 0 Å². The SMILES string of the molecule is O=C(O)c1cn(C2CC2)c2c(F)c(C34CCC(CC3)CN4)c(F)cc2c1=O. The highest BCUT2D eigenvalue weighted by molar-refractivity contribution is 5.93. The topological polar surface area (TPSA) is 71.3 Å². The Morgan fingerprint density at radius 3 is 2.48 bits per heavy atom. The van der Waals surface area contributed by atoms with E-state index < -0.39 is 34.1 Å². The molecule has 4 aliphatic rings. The van der Waals surface area contributed by atoms with Crippen LogP contribution in [0.3, 0.4) is 0 Å². The number of halogens is 2. The monoisotopic (exact) mass is 374 g/mol. The number of pyridine rings is 1. The summed E-state index contributed by atoms with van der Waals surface area (Å²) in [6.45, 7) is 0.740. The second-order valence-electron chi connectivity index (χ2n) is 8.17. The Hall–Kier alpha value is -2.28. The molecule has 4 fully saturated rings. The molecule has 5 nitrogen and oxygen atoms in total. The maximum Gasteiger partial charge on any atom is 0.341 e. The summed E-state index contributed by atoms with van der Waals surface area (Å²) in [4.78, 5) is 24.0.